The molecule has 1 rings (SSSR count). The highest BCUT2D eigenvalue weighted by atomic mass is 19.1. The van der Waals surface area contributed by atoms with Gasteiger partial charge in [-0.05, 0) is 25.1 Å². The monoisotopic (exact) mass is 202 g/mol. The van der Waals surface area contributed by atoms with Gasteiger partial charge >= 0.3 is 0 Å². The molecule has 1 N–H and O–H groups in total. The fourth-order valence-electron chi connectivity index (χ4n) is 1.19. The van der Waals surface area contributed by atoms with Gasteiger partial charge in [0, 0.05) is 12.5 Å². The van der Waals surface area contributed by atoms with Crippen molar-refractivity contribution < 1.29 is 4.39 Å². The van der Waals surface area contributed by atoms with Crippen molar-refractivity contribution in [1.29, 1.82) is 5.26 Å². The summed E-state index contributed by atoms with van der Waals surface area (Å²) in [6.07, 6.45) is 5.67. The number of hydrogen-bond donors (Lipinski definition) is 1. The summed E-state index contributed by atoms with van der Waals surface area (Å²) in [4.78, 5) is 0. The summed E-state index contributed by atoms with van der Waals surface area (Å²) in [5.41, 5.74) is 0.680. The van der Waals surface area contributed by atoms with Gasteiger partial charge in [0.25, 0.3) is 0 Å². The molecule has 2 nitrogen and oxygen atoms in total. The lowest BCUT2D eigenvalue weighted by molar-refractivity contribution is 0.626. The van der Waals surface area contributed by atoms with Crippen molar-refractivity contribution in [3.63, 3.8) is 0 Å². The van der Waals surface area contributed by atoms with Gasteiger partial charge < -0.3 is 5.32 Å². The van der Waals surface area contributed by atoms with Crippen LogP contribution < -0.4 is 5.32 Å². The van der Waals surface area contributed by atoms with E-state index in [1.807, 2.05) is 13.0 Å². The smallest absolute Gasteiger partial charge is 0.147 e. The summed E-state index contributed by atoms with van der Waals surface area (Å²) in [5.74, 6) is 2.06. The van der Waals surface area contributed by atoms with E-state index in [-0.39, 0.29) is 6.04 Å². The van der Waals surface area contributed by atoms with Crippen LogP contribution in [0.3, 0.4) is 0 Å². The molecule has 0 radical (unpaired) electrons. The van der Waals surface area contributed by atoms with Crippen LogP contribution in [0.2, 0.25) is 0 Å². The van der Waals surface area contributed by atoms with Crippen molar-refractivity contribution in [2.45, 2.75) is 19.4 Å². The molecule has 0 fully saturated rings. The minimum atomic E-state index is -0.432. The van der Waals surface area contributed by atoms with E-state index in [2.05, 4.69) is 11.2 Å². The second-order valence-corrected chi connectivity index (χ2v) is 3.26. The lowest BCUT2D eigenvalue weighted by atomic mass is 10.2. The summed E-state index contributed by atoms with van der Waals surface area (Å²) in [5, 5.41) is 11.5. The van der Waals surface area contributed by atoms with Crippen molar-refractivity contribution in [2.75, 3.05) is 5.32 Å². The van der Waals surface area contributed by atoms with E-state index in [0.717, 1.165) is 0 Å². The highest BCUT2D eigenvalue weighted by Gasteiger charge is 2.06. The van der Waals surface area contributed by atoms with Crippen LogP contribution in [0.15, 0.2) is 18.2 Å². The molecular weight excluding hydrogens is 191 g/mol. The van der Waals surface area contributed by atoms with Gasteiger partial charge in [-0.1, -0.05) is 0 Å². The van der Waals surface area contributed by atoms with Gasteiger partial charge in [-0.25, -0.2) is 4.39 Å². The Morgan fingerprint density at radius 1 is 1.60 bits per heavy atom. The summed E-state index contributed by atoms with van der Waals surface area (Å²) >= 11 is 0. The van der Waals surface area contributed by atoms with E-state index in [4.69, 9.17) is 11.7 Å². The maximum atomic E-state index is 13.4. The molecule has 0 amide bonds. The topological polar surface area (TPSA) is 35.8 Å². The Bertz CT molecular complexity index is 426. The third-order valence-electron chi connectivity index (χ3n) is 1.92. The molecule has 0 heterocycles. The molecule has 0 saturated heterocycles. The Labute approximate surface area is 88.7 Å². The van der Waals surface area contributed by atoms with Crippen LogP contribution in [-0.4, -0.2) is 6.04 Å². The standard InChI is InChI=1S/C12H11FN2/c1-3-4-9(2)15-12-6-5-10(8-14)7-11(12)13/h1,5-7,9,15H,4H2,2H3. The van der Waals surface area contributed by atoms with E-state index in [0.29, 0.717) is 17.7 Å². The fourth-order valence-corrected chi connectivity index (χ4v) is 1.19. The average molecular weight is 202 g/mol. The highest BCUT2D eigenvalue weighted by molar-refractivity contribution is 5.49. The molecule has 0 aromatic heterocycles. The van der Waals surface area contributed by atoms with E-state index in [1.54, 1.807) is 12.1 Å². The molecule has 0 bridgehead atoms. The zero-order chi connectivity index (χ0) is 11.3. The minimum absolute atomic E-state index is 0.0115. The lowest BCUT2D eigenvalue weighted by Gasteiger charge is -2.12. The molecule has 1 atom stereocenters. The first kappa shape index (κ1) is 11.1. The molecular formula is C12H11FN2. The molecule has 0 saturated carbocycles. The number of anilines is 1. The molecule has 1 unspecified atom stereocenters. The zero-order valence-corrected chi connectivity index (χ0v) is 8.42. The van der Waals surface area contributed by atoms with Crippen LogP contribution in [0.5, 0.6) is 0 Å². The van der Waals surface area contributed by atoms with Gasteiger partial charge in [0.1, 0.15) is 5.82 Å². The van der Waals surface area contributed by atoms with E-state index in [9.17, 15) is 4.39 Å². The van der Waals surface area contributed by atoms with Gasteiger partial charge in [-0.2, -0.15) is 5.26 Å². The molecule has 76 valence electrons. The van der Waals surface area contributed by atoms with Crippen LogP contribution in [0.1, 0.15) is 18.9 Å². The molecule has 0 aliphatic rings. The summed E-state index contributed by atoms with van der Waals surface area (Å²) in [6.45, 7) is 1.87. The molecule has 0 spiro atoms. The molecule has 1 aromatic carbocycles. The van der Waals surface area contributed by atoms with Crippen molar-refractivity contribution in [2.24, 2.45) is 0 Å². The number of benzene rings is 1. The van der Waals surface area contributed by atoms with Gasteiger partial charge in [-0.15, -0.1) is 12.3 Å². The van der Waals surface area contributed by atoms with Gasteiger partial charge in [-0.3, -0.25) is 0 Å². The van der Waals surface area contributed by atoms with E-state index < -0.39 is 5.82 Å². The Morgan fingerprint density at radius 2 is 2.33 bits per heavy atom. The Hall–Kier alpha value is -2.00. The second kappa shape index (κ2) is 5.02. The van der Waals surface area contributed by atoms with Crippen LogP contribution in [0.4, 0.5) is 10.1 Å². The normalized spacial score (nSPS) is 11.2. The van der Waals surface area contributed by atoms with Gasteiger partial charge in [0.05, 0.1) is 17.3 Å². The number of rotatable bonds is 3. The van der Waals surface area contributed by atoms with Crippen LogP contribution in [-0.2, 0) is 0 Å². The number of terminal acetylenes is 1. The third-order valence-corrected chi connectivity index (χ3v) is 1.92. The first-order valence-electron chi connectivity index (χ1n) is 4.57. The molecule has 15 heavy (non-hydrogen) atoms. The Balaban J connectivity index is 2.80. The number of hydrogen-bond acceptors (Lipinski definition) is 2. The van der Waals surface area contributed by atoms with Crippen molar-refractivity contribution in [3.05, 3.63) is 29.6 Å². The van der Waals surface area contributed by atoms with Crippen molar-refractivity contribution in [3.8, 4) is 18.4 Å². The maximum absolute atomic E-state index is 13.4. The molecule has 3 heteroatoms. The summed E-state index contributed by atoms with van der Waals surface area (Å²) in [6, 6.07) is 6.19. The minimum Gasteiger partial charge on any atom is -0.379 e. The first-order valence-corrected chi connectivity index (χ1v) is 4.57. The predicted molar refractivity (Wildman–Crippen MR) is 57.6 cm³/mol. The molecule has 0 aliphatic carbocycles. The quantitative estimate of drug-likeness (QED) is 0.764. The predicted octanol–water partition coefficient (Wildman–Crippen LogP) is 2.52. The van der Waals surface area contributed by atoms with E-state index in [1.165, 1.54) is 6.07 Å². The Morgan fingerprint density at radius 3 is 2.87 bits per heavy atom. The van der Waals surface area contributed by atoms with Crippen LogP contribution in [0.25, 0.3) is 0 Å². The number of nitrogens with one attached hydrogen (secondary N) is 1. The second-order valence-electron chi connectivity index (χ2n) is 3.26. The van der Waals surface area contributed by atoms with Crippen molar-refractivity contribution in [1.82, 2.24) is 0 Å². The fraction of sp³-hybridized carbons (Fsp3) is 0.250. The summed E-state index contributed by atoms with van der Waals surface area (Å²) in [7, 11) is 0. The van der Waals surface area contributed by atoms with Crippen molar-refractivity contribution >= 4 is 5.69 Å². The summed E-state index contributed by atoms with van der Waals surface area (Å²) < 4.78 is 13.4. The Kier molecular flexibility index (Phi) is 3.71. The SMILES string of the molecule is C#CCC(C)Nc1ccc(C#N)cc1F. The first-order chi connectivity index (χ1) is 7.17. The van der Waals surface area contributed by atoms with Crippen LogP contribution >= 0.6 is 0 Å². The van der Waals surface area contributed by atoms with Gasteiger partial charge in [0.2, 0.25) is 0 Å². The largest absolute Gasteiger partial charge is 0.379 e. The van der Waals surface area contributed by atoms with Crippen LogP contribution in [0, 0.1) is 29.5 Å². The number of nitriles is 1. The zero-order valence-electron chi connectivity index (χ0n) is 8.42. The third kappa shape index (κ3) is 3.00. The highest BCUT2D eigenvalue weighted by Crippen LogP contribution is 2.16. The molecule has 1 aromatic rings. The average Bonchev–Trinajstić information content (AvgIpc) is 2.21. The van der Waals surface area contributed by atoms with E-state index >= 15 is 0 Å². The number of halogens is 1. The number of nitrogens with zero attached hydrogens (tertiary/aromatic N) is 1. The maximum Gasteiger partial charge on any atom is 0.147 e. The lowest BCUT2D eigenvalue weighted by Crippen LogP contribution is -2.15. The molecule has 0 aliphatic heterocycles. The van der Waals surface area contributed by atoms with Gasteiger partial charge in [0.15, 0.2) is 0 Å².